The molecule has 2 unspecified atom stereocenters. The van der Waals surface area contributed by atoms with Crippen molar-refractivity contribution in [2.75, 3.05) is 43.9 Å². The number of likely N-dealkylation sites (tertiary alicyclic amines) is 1. The van der Waals surface area contributed by atoms with Crippen LogP contribution in [0.25, 0.3) is 32.9 Å². The fourth-order valence-electron chi connectivity index (χ4n) is 7.02. The Hall–Kier alpha value is -4.34. The number of pyridine rings is 1. The van der Waals surface area contributed by atoms with Gasteiger partial charge in [-0.05, 0) is 63.7 Å². The normalized spacial score (nSPS) is 23.0. The van der Waals surface area contributed by atoms with Gasteiger partial charge in [-0.25, -0.2) is 18.2 Å². The number of rotatable bonds is 7. The van der Waals surface area contributed by atoms with Gasteiger partial charge in [-0.2, -0.15) is 9.97 Å². The fraction of sp³-hybridized carbons (Fsp3) is 0.441. The first-order valence-corrected chi connectivity index (χ1v) is 15.6. The molecule has 240 valence electrons. The number of benzene rings is 2. The lowest BCUT2D eigenvalue weighted by atomic mass is 9.95. The second kappa shape index (κ2) is 11.8. The summed E-state index contributed by atoms with van der Waals surface area (Å²) in [7, 11) is 1.84. The van der Waals surface area contributed by atoms with E-state index >= 15 is 4.39 Å². The number of likely N-dealkylation sites (N-methyl/N-ethyl adjacent to an activating group) is 1. The number of hydrogen-bond acceptors (Lipinski definition) is 9. The van der Waals surface area contributed by atoms with E-state index < -0.39 is 17.8 Å². The van der Waals surface area contributed by atoms with Gasteiger partial charge >= 0.3 is 6.01 Å². The van der Waals surface area contributed by atoms with Gasteiger partial charge in [0, 0.05) is 54.4 Å². The van der Waals surface area contributed by atoms with Crippen LogP contribution in [0.5, 0.6) is 11.9 Å². The Morgan fingerprint density at radius 2 is 1.85 bits per heavy atom. The van der Waals surface area contributed by atoms with Crippen molar-refractivity contribution in [3.05, 3.63) is 41.5 Å². The van der Waals surface area contributed by atoms with Crippen LogP contribution in [0.4, 0.5) is 24.7 Å². The van der Waals surface area contributed by atoms with E-state index in [-0.39, 0.29) is 65.1 Å². The number of nitrogen functional groups attached to an aromatic ring is 1. The molecule has 0 radical (unpaired) electrons. The van der Waals surface area contributed by atoms with E-state index in [9.17, 15) is 8.78 Å². The van der Waals surface area contributed by atoms with E-state index in [2.05, 4.69) is 21.1 Å². The third kappa shape index (κ3) is 5.41. The van der Waals surface area contributed by atoms with Crippen LogP contribution in [0.15, 0.2) is 24.3 Å². The summed E-state index contributed by atoms with van der Waals surface area (Å²) in [6.07, 6.45) is 6.83. The van der Waals surface area contributed by atoms with Crippen molar-refractivity contribution in [2.45, 2.75) is 63.5 Å². The molecule has 3 saturated heterocycles. The standard InChI is InChI=1S/C34H36F3N7O2/c1-5-24-26(36)9-6-18-10-20(38)12-25(27(18)24)30-29(37)31-28(33(40-30)46-17(2)3)32(44-14-21-7-8-22(15-44)39-21)42-34(41-31)45-16-23-11-19(35)13-43(23)4/h1,6,9-10,12,17,19,21-23,39H,7-8,11,13-16,38H2,2-4H3/t19-,21?,22?,23+/m1/s1. The van der Waals surface area contributed by atoms with Crippen molar-refractivity contribution >= 4 is 33.2 Å². The van der Waals surface area contributed by atoms with Crippen molar-refractivity contribution in [3.8, 4) is 35.5 Å². The van der Waals surface area contributed by atoms with Gasteiger partial charge in [0.05, 0.1) is 11.7 Å². The summed E-state index contributed by atoms with van der Waals surface area (Å²) in [6.45, 7) is 5.43. The van der Waals surface area contributed by atoms with Crippen molar-refractivity contribution < 1.29 is 22.6 Å². The molecule has 2 aromatic carbocycles. The van der Waals surface area contributed by atoms with Gasteiger partial charge in [0.2, 0.25) is 5.88 Å². The maximum atomic E-state index is 17.1. The van der Waals surface area contributed by atoms with E-state index in [1.54, 1.807) is 12.1 Å². The lowest BCUT2D eigenvalue weighted by molar-refractivity contribution is 0.188. The monoisotopic (exact) mass is 631 g/mol. The molecule has 3 aliphatic rings. The number of aromatic nitrogens is 3. The number of terminal acetylenes is 1. The summed E-state index contributed by atoms with van der Waals surface area (Å²) in [4.78, 5) is 18.1. The highest BCUT2D eigenvalue weighted by atomic mass is 19.1. The predicted molar refractivity (Wildman–Crippen MR) is 172 cm³/mol. The average molecular weight is 632 g/mol. The van der Waals surface area contributed by atoms with Crippen LogP contribution in [-0.2, 0) is 0 Å². The summed E-state index contributed by atoms with van der Waals surface area (Å²) in [5, 5.41) is 4.75. The molecule has 3 fully saturated rings. The lowest BCUT2D eigenvalue weighted by Gasteiger charge is -2.34. The maximum Gasteiger partial charge on any atom is 0.319 e. The third-order valence-corrected chi connectivity index (χ3v) is 9.11. The SMILES string of the molecule is C#Cc1c(F)ccc2cc(N)cc(-c3nc(OC(C)C)c4c(N5CC6CCC(C5)N6)nc(OC[C@@H]5C[C@@H](F)CN5C)nc4c3F)c12. The van der Waals surface area contributed by atoms with Crippen molar-refractivity contribution in [2.24, 2.45) is 0 Å². The minimum atomic E-state index is -0.948. The molecule has 4 atom stereocenters. The van der Waals surface area contributed by atoms with Gasteiger partial charge in [-0.1, -0.05) is 12.0 Å². The van der Waals surface area contributed by atoms with Gasteiger partial charge in [0.25, 0.3) is 0 Å². The van der Waals surface area contributed by atoms with Crippen LogP contribution in [0.2, 0.25) is 0 Å². The summed E-state index contributed by atoms with van der Waals surface area (Å²) >= 11 is 0. The minimum Gasteiger partial charge on any atom is -0.474 e. The first-order chi connectivity index (χ1) is 22.1. The predicted octanol–water partition coefficient (Wildman–Crippen LogP) is 4.84. The second-order valence-corrected chi connectivity index (χ2v) is 12.8. The average Bonchev–Trinajstić information content (AvgIpc) is 3.53. The van der Waals surface area contributed by atoms with Gasteiger partial charge in [-0.3, -0.25) is 4.90 Å². The van der Waals surface area contributed by atoms with Crippen LogP contribution in [0.3, 0.4) is 0 Å². The highest BCUT2D eigenvalue weighted by Crippen LogP contribution is 2.42. The molecular weight excluding hydrogens is 595 g/mol. The first-order valence-electron chi connectivity index (χ1n) is 15.6. The number of piperazine rings is 1. The highest BCUT2D eigenvalue weighted by Gasteiger charge is 2.36. The molecule has 0 amide bonds. The number of anilines is 2. The number of nitrogens with two attached hydrogens (primary N) is 1. The molecule has 0 saturated carbocycles. The van der Waals surface area contributed by atoms with Crippen molar-refractivity contribution in [1.29, 1.82) is 0 Å². The molecular formula is C34H36F3N7O2. The van der Waals surface area contributed by atoms with E-state index in [0.29, 0.717) is 53.7 Å². The van der Waals surface area contributed by atoms with Gasteiger partial charge < -0.3 is 25.4 Å². The molecule has 0 spiro atoms. The Morgan fingerprint density at radius 1 is 1.09 bits per heavy atom. The zero-order chi connectivity index (χ0) is 32.3. The zero-order valence-corrected chi connectivity index (χ0v) is 26.0. The summed E-state index contributed by atoms with van der Waals surface area (Å²) in [6, 6.07) is 6.27. The molecule has 0 aliphatic carbocycles. The fourth-order valence-corrected chi connectivity index (χ4v) is 7.02. The molecule has 4 aromatic rings. The molecule has 12 heteroatoms. The topological polar surface area (TPSA) is 102 Å². The number of nitrogens with zero attached hydrogens (tertiary/aromatic N) is 5. The smallest absolute Gasteiger partial charge is 0.319 e. The van der Waals surface area contributed by atoms with Crippen LogP contribution in [0.1, 0.15) is 38.7 Å². The molecule has 2 aromatic heterocycles. The highest BCUT2D eigenvalue weighted by molar-refractivity contribution is 6.04. The van der Waals surface area contributed by atoms with Gasteiger partial charge in [0.15, 0.2) is 5.82 Å². The molecule has 7 rings (SSSR count). The number of nitrogens with one attached hydrogen (secondary N) is 1. The molecule has 46 heavy (non-hydrogen) atoms. The van der Waals surface area contributed by atoms with Gasteiger partial charge in [-0.15, -0.1) is 6.42 Å². The summed E-state index contributed by atoms with van der Waals surface area (Å²) in [5.74, 6) is 1.58. The Kier molecular flexibility index (Phi) is 7.77. The van der Waals surface area contributed by atoms with Crippen molar-refractivity contribution in [3.63, 3.8) is 0 Å². The molecule has 3 N–H and O–H groups in total. The Bertz CT molecular complexity index is 1870. The van der Waals surface area contributed by atoms with Crippen LogP contribution < -0.4 is 25.4 Å². The largest absolute Gasteiger partial charge is 0.474 e. The van der Waals surface area contributed by atoms with Crippen LogP contribution in [0, 0.1) is 24.0 Å². The molecule has 5 heterocycles. The third-order valence-electron chi connectivity index (χ3n) is 9.11. The van der Waals surface area contributed by atoms with E-state index in [1.807, 2.05) is 25.8 Å². The molecule has 9 nitrogen and oxygen atoms in total. The van der Waals surface area contributed by atoms with E-state index in [1.165, 1.54) is 12.1 Å². The van der Waals surface area contributed by atoms with Crippen molar-refractivity contribution in [1.82, 2.24) is 25.2 Å². The minimum absolute atomic E-state index is 0.0318. The summed E-state index contributed by atoms with van der Waals surface area (Å²) in [5.41, 5.74) is 6.54. The Balaban J connectivity index is 1.46. The van der Waals surface area contributed by atoms with E-state index in [0.717, 1.165) is 12.8 Å². The number of hydrogen-bond donors (Lipinski definition) is 2. The Labute approximate surface area is 265 Å². The quantitative estimate of drug-likeness (QED) is 0.219. The lowest BCUT2D eigenvalue weighted by Crippen LogP contribution is -2.51. The zero-order valence-electron chi connectivity index (χ0n) is 26.0. The van der Waals surface area contributed by atoms with Gasteiger partial charge in [0.1, 0.15) is 41.0 Å². The van der Waals surface area contributed by atoms with Crippen LogP contribution in [-0.4, -0.2) is 83.5 Å². The Morgan fingerprint density at radius 3 is 2.52 bits per heavy atom. The maximum absolute atomic E-state index is 17.1. The van der Waals surface area contributed by atoms with E-state index in [4.69, 9.17) is 31.6 Å². The number of halogens is 3. The summed E-state index contributed by atoms with van der Waals surface area (Å²) < 4.78 is 58.5. The molecule has 3 aliphatic heterocycles. The van der Waals surface area contributed by atoms with Crippen LogP contribution >= 0.6 is 0 Å². The second-order valence-electron chi connectivity index (χ2n) is 12.8. The first kappa shape index (κ1) is 30.3. The number of alkyl halides is 1. The number of ether oxygens (including phenoxy) is 2. The molecule has 2 bridgehead atoms. The number of fused-ring (bicyclic) bond motifs is 4.